The fraction of sp³-hybridized carbons (Fsp3) is 0.696. The standard InChI is InChI=1S/C23H40N4O3.HI/c1-5-26(6-2)13-14-30-22-9-7-20(8-10-22)17-25-23(24-3)27-12-11-21(18-27)19-29-16-15-28-4;/h7-10,21H,5-6,11-19H2,1-4H3,(H,24,25);1H. The number of halogens is 1. The van der Waals surface area contributed by atoms with E-state index in [1.165, 1.54) is 5.56 Å². The Balaban J connectivity index is 0.00000480. The third-order valence-corrected chi connectivity index (χ3v) is 5.53. The predicted octanol–water partition coefficient (Wildman–Crippen LogP) is 3.09. The largest absolute Gasteiger partial charge is 0.492 e. The van der Waals surface area contributed by atoms with Gasteiger partial charge in [0.25, 0.3) is 0 Å². The van der Waals surface area contributed by atoms with E-state index in [1.807, 2.05) is 19.2 Å². The highest BCUT2D eigenvalue weighted by molar-refractivity contribution is 14.0. The van der Waals surface area contributed by atoms with Crippen LogP contribution in [0.2, 0.25) is 0 Å². The Bertz CT molecular complexity index is 611. The van der Waals surface area contributed by atoms with Gasteiger partial charge in [-0.25, -0.2) is 0 Å². The van der Waals surface area contributed by atoms with E-state index in [2.05, 4.69) is 46.1 Å². The Morgan fingerprint density at radius 3 is 2.55 bits per heavy atom. The van der Waals surface area contributed by atoms with Crippen LogP contribution in [0.3, 0.4) is 0 Å². The van der Waals surface area contributed by atoms with E-state index >= 15 is 0 Å². The SMILES string of the molecule is CCN(CC)CCOc1ccc(CNC(=NC)N2CCC(COCCOC)C2)cc1.I. The summed E-state index contributed by atoms with van der Waals surface area (Å²) in [7, 11) is 3.54. The molecule has 8 heteroatoms. The minimum Gasteiger partial charge on any atom is -0.492 e. The normalized spacial score (nSPS) is 16.5. The van der Waals surface area contributed by atoms with Crippen molar-refractivity contribution in [1.29, 1.82) is 0 Å². The number of hydrogen-bond acceptors (Lipinski definition) is 5. The highest BCUT2D eigenvalue weighted by atomic mass is 127. The average Bonchev–Trinajstić information content (AvgIpc) is 3.24. The molecule has 1 aliphatic heterocycles. The molecule has 1 aromatic rings. The molecule has 0 spiro atoms. The number of rotatable bonds is 13. The van der Waals surface area contributed by atoms with Gasteiger partial charge in [-0.15, -0.1) is 24.0 Å². The lowest BCUT2D eigenvalue weighted by Gasteiger charge is -2.22. The van der Waals surface area contributed by atoms with Gasteiger partial charge in [0.15, 0.2) is 5.96 Å². The first-order valence-electron chi connectivity index (χ1n) is 11.2. The summed E-state index contributed by atoms with van der Waals surface area (Å²) in [5.41, 5.74) is 1.21. The van der Waals surface area contributed by atoms with E-state index < -0.39 is 0 Å². The fourth-order valence-corrected chi connectivity index (χ4v) is 3.60. The van der Waals surface area contributed by atoms with Crippen LogP contribution in [0.15, 0.2) is 29.3 Å². The Morgan fingerprint density at radius 1 is 1.16 bits per heavy atom. The van der Waals surface area contributed by atoms with Gasteiger partial charge in [-0.05, 0) is 37.2 Å². The molecule has 7 nitrogen and oxygen atoms in total. The van der Waals surface area contributed by atoms with Crippen molar-refractivity contribution in [1.82, 2.24) is 15.1 Å². The molecule has 0 bridgehead atoms. The maximum atomic E-state index is 5.87. The Hall–Kier alpha value is -1.10. The van der Waals surface area contributed by atoms with Crippen molar-refractivity contribution in [3.8, 4) is 5.75 Å². The molecule has 1 heterocycles. The summed E-state index contributed by atoms with van der Waals surface area (Å²) >= 11 is 0. The molecule has 0 saturated carbocycles. The average molecular weight is 549 g/mol. The zero-order valence-corrected chi connectivity index (χ0v) is 22.0. The summed E-state index contributed by atoms with van der Waals surface area (Å²) in [6, 6.07) is 8.32. The highest BCUT2D eigenvalue weighted by Gasteiger charge is 2.24. The van der Waals surface area contributed by atoms with Crippen LogP contribution >= 0.6 is 24.0 Å². The number of nitrogens with one attached hydrogen (secondary N) is 1. The monoisotopic (exact) mass is 548 g/mol. The molecule has 2 rings (SSSR count). The first kappa shape index (κ1) is 27.9. The molecule has 178 valence electrons. The molecule has 0 radical (unpaired) electrons. The molecule has 1 fully saturated rings. The second-order valence-electron chi connectivity index (χ2n) is 7.59. The van der Waals surface area contributed by atoms with Gasteiger partial charge < -0.3 is 29.3 Å². The summed E-state index contributed by atoms with van der Waals surface area (Å²) in [5, 5.41) is 3.48. The van der Waals surface area contributed by atoms with E-state index in [-0.39, 0.29) is 24.0 Å². The van der Waals surface area contributed by atoms with Crippen LogP contribution in [0.4, 0.5) is 0 Å². The summed E-state index contributed by atoms with van der Waals surface area (Å²) < 4.78 is 16.6. The third-order valence-electron chi connectivity index (χ3n) is 5.53. The number of likely N-dealkylation sites (N-methyl/N-ethyl adjacent to an activating group) is 1. The second-order valence-corrected chi connectivity index (χ2v) is 7.59. The van der Waals surface area contributed by atoms with Crippen LogP contribution in [0, 0.1) is 5.92 Å². The lowest BCUT2D eigenvalue weighted by atomic mass is 10.1. The van der Waals surface area contributed by atoms with E-state index in [0.717, 1.165) is 70.6 Å². The van der Waals surface area contributed by atoms with Crippen molar-refractivity contribution in [2.45, 2.75) is 26.8 Å². The fourth-order valence-electron chi connectivity index (χ4n) is 3.60. The Morgan fingerprint density at radius 2 is 1.90 bits per heavy atom. The molecule has 1 aliphatic rings. The maximum absolute atomic E-state index is 5.87. The number of methoxy groups -OCH3 is 1. The van der Waals surface area contributed by atoms with Crippen LogP contribution < -0.4 is 10.1 Å². The lowest BCUT2D eigenvalue weighted by molar-refractivity contribution is 0.0536. The zero-order valence-electron chi connectivity index (χ0n) is 19.6. The van der Waals surface area contributed by atoms with Crippen molar-refractivity contribution in [2.24, 2.45) is 10.9 Å². The first-order chi connectivity index (χ1) is 14.7. The van der Waals surface area contributed by atoms with E-state index in [1.54, 1.807) is 7.11 Å². The van der Waals surface area contributed by atoms with Crippen LogP contribution in [0.1, 0.15) is 25.8 Å². The molecule has 1 saturated heterocycles. The summed E-state index contributed by atoms with van der Waals surface area (Å²) in [6.07, 6.45) is 1.13. The molecular weight excluding hydrogens is 507 g/mol. The van der Waals surface area contributed by atoms with Gasteiger partial charge in [-0.3, -0.25) is 4.99 Å². The minimum absolute atomic E-state index is 0. The Labute approximate surface area is 205 Å². The van der Waals surface area contributed by atoms with Gasteiger partial charge in [0, 0.05) is 46.3 Å². The van der Waals surface area contributed by atoms with E-state index in [9.17, 15) is 0 Å². The molecule has 0 amide bonds. The van der Waals surface area contributed by atoms with Crippen molar-refractivity contribution >= 4 is 29.9 Å². The maximum Gasteiger partial charge on any atom is 0.193 e. The summed E-state index contributed by atoms with van der Waals surface area (Å²) in [5.74, 6) is 2.42. The number of nitrogens with zero attached hydrogens (tertiary/aromatic N) is 3. The van der Waals surface area contributed by atoms with Gasteiger partial charge in [0.2, 0.25) is 0 Å². The highest BCUT2D eigenvalue weighted by Crippen LogP contribution is 2.17. The van der Waals surface area contributed by atoms with Gasteiger partial charge in [-0.1, -0.05) is 26.0 Å². The molecule has 1 atom stereocenters. The first-order valence-corrected chi connectivity index (χ1v) is 11.2. The van der Waals surface area contributed by atoms with Crippen molar-refractivity contribution in [2.75, 3.05) is 73.3 Å². The van der Waals surface area contributed by atoms with E-state index in [4.69, 9.17) is 14.2 Å². The zero-order chi connectivity index (χ0) is 21.6. The van der Waals surface area contributed by atoms with Crippen LogP contribution in [0.25, 0.3) is 0 Å². The van der Waals surface area contributed by atoms with Gasteiger partial charge in [0.1, 0.15) is 12.4 Å². The molecule has 0 aromatic heterocycles. The van der Waals surface area contributed by atoms with Crippen LogP contribution in [-0.2, 0) is 16.0 Å². The van der Waals surface area contributed by atoms with Gasteiger partial charge >= 0.3 is 0 Å². The van der Waals surface area contributed by atoms with Crippen molar-refractivity contribution in [3.63, 3.8) is 0 Å². The Kier molecular flexibility index (Phi) is 14.9. The second kappa shape index (κ2) is 16.5. The minimum atomic E-state index is 0. The number of likely N-dealkylation sites (tertiary alicyclic amines) is 1. The molecule has 1 N–H and O–H groups in total. The number of aliphatic imine (C=N–C) groups is 1. The smallest absolute Gasteiger partial charge is 0.193 e. The number of hydrogen-bond donors (Lipinski definition) is 1. The molecule has 1 unspecified atom stereocenters. The van der Waals surface area contributed by atoms with Gasteiger partial charge in [-0.2, -0.15) is 0 Å². The van der Waals surface area contributed by atoms with Crippen molar-refractivity contribution < 1.29 is 14.2 Å². The molecule has 1 aromatic carbocycles. The summed E-state index contributed by atoms with van der Waals surface area (Å²) in [4.78, 5) is 9.14. The topological polar surface area (TPSA) is 58.6 Å². The molecular formula is C23H41IN4O3. The summed E-state index contributed by atoms with van der Waals surface area (Å²) in [6.45, 7) is 13.0. The molecule has 31 heavy (non-hydrogen) atoms. The number of benzene rings is 1. The number of ether oxygens (including phenoxy) is 3. The lowest BCUT2D eigenvalue weighted by Crippen LogP contribution is -2.39. The van der Waals surface area contributed by atoms with Crippen molar-refractivity contribution in [3.05, 3.63) is 29.8 Å². The predicted molar refractivity (Wildman–Crippen MR) is 138 cm³/mol. The number of guanidine groups is 1. The van der Waals surface area contributed by atoms with Gasteiger partial charge in [0.05, 0.1) is 19.8 Å². The third kappa shape index (κ3) is 10.4. The molecule has 0 aliphatic carbocycles. The van der Waals surface area contributed by atoms with E-state index in [0.29, 0.717) is 19.1 Å². The van der Waals surface area contributed by atoms with Crippen LogP contribution in [0.5, 0.6) is 5.75 Å². The van der Waals surface area contributed by atoms with Crippen LogP contribution in [-0.4, -0.2) is 89.1 Å². The quantitative estimate of drug-likeness (QED) is 0.177.